The molecule has 0 aliphatic carbocycles. The third kappa shape index (κ3) is 5.57. The van der Waals surface area contributed by atoms with Crippen molar-refractivity contribution in [1.29, 1.82) is 0 Å². The second-order valence-electron chi connectivity index (χ2n) is 8.29. The summed E-state index contributed by atoms with van der Waals surface area (Å²) in [5.74, 6) is 0.231. The van der Waals surface area contributed by atoms with Crippen molar-refractivity contribution in [1.82, 2.24) is 14.8 Å². The predicted molar refractivity (Wildman–Crippen MR) is 143 cm³/mol. The molecule has 0 spiro atoms. The number of hydrogen-bond donors (Lipinski definition) is 1. The van der Waals surface area contributed by atoms with E-state index in [0.717, 1.165) is 16.7 Å². The monoisotopic (exact) mass is 518 g/mol. The molecular formula is C28H31N4O4P. The largest absolute Gasteiger partial charge is 0.411 e. The first-order valence-corrected chi connectivity index (χ1v) is 14.0. The average Bonchev–Trinajstić information content (AvgIpc) is 3.42. The van der Waals surface area contributed by atoms with Gasteiger partial charge in [-0.05, 0) is 30.5 Å². The third-order valence-electron chi connectivity index (χ3n) is 6.06. The van der Waals surface area contributed by atoms with Crippen LogP contribution in [0.2, 0.25) is 0 Å². The molecule has 0 radical (unpaired) electrons. The van der Waals surface area contributed by atoms with E-state index in [1.165, 1.54) is 0 Å². The minimum atomic E-state index is -3.33. The molecule has 9 heteroatoms. The molecule has 0 saturated heterocycles. The first-order valence-electron chi connectivity index (χ1n) is 12.3. The molecule has 0 unspecified atom stereocenters. The van der Waals surface area contributed by atoms with E-state index in [-0.39, 0.29) is 37.3 Å². The van der Waals surface area contributed by atoms with Crippen molar-refractivity contribution in [3.63, 3.8) is 0 Å². The highest BCUT2D eigenvalue weighted by molar-refractivity contribution is 7.53. The Morgan fingerprint density at radius 2 is 1.32 bits per heavy atom. The first kappa shape index (κ1) is 26.5. The van der Waals surface area contributed by atoms with Crippen molar-refractivity contribution in [3.05, 3.63) is 120 Å². The van der Waals surface area contributed by atoms with Crippen LogP contribution < -0.4 is 0 Å². The lowest BCUT2D eigenvalue weighted by Gasteiger charge is -2.35. The Balaban J connectivity index is 1.82. The zero-order chi connectivity index (χ0) is 26.1. The highest BCUT2D eigenvalue weighted by Gasteiger charge is 2.40. The molecule has 37 heavy (non-hydrogen) atoms. The lowest BCUT2D eigenvalue weighted by Crippen LogP contribution is -2.38. The highest BCUT2D eigenvalue weighted by Crippen LogP contribution is 2.48. The van der Waals surface area contributed by atoms with Crippen LogP contribution in [0.4, 0.5) is 0 Å². The SMILES string of the molecule is CCOP(=O)(CCC(=NO)c1ncn(C(c2ccccc2)(c2ccccc2)c2ccccc2)n1)OCC. The number of oxime groups is 1. The lowest BCUT2D eigenvalue weighted by molar-refractivity contribution is 0.220. The Hall–Kier alpha value is -3.58. The van der Waals surface area contributed by atoms with Gasteiger partial charge in [0.25, 0.3) is 0 Å². The Morgan fingerprint density at radius 1 is 0.865 bits per heavy atom. The Kier molecular flexibility index (Phi) is 8.66. The van der Waals surface area contributed by atoms with E-state index in [1.54, 1.807) is 24.9 Å². The van der Waals surface area contributed by atoms with Gasteiger partial charge in [0, 0.05) is 6.42 Å². The molecule has 4 rings (SSSR count). The van der Waals surface area contributed by atoms with Gasteiger partial charge in [-0.25, -0.2) is 9.67 Å². The molecule has 0 bridgehead atoms. The first-order chi connectivity index (χ1) is 18.1. The Morgan fingerprint density at radius 3 is 1.73 bits per heavy atom. The van der Waals surface area contributed by atoms with E-state index >= 15 is 0 Å². The van der Waals surface area contributed by atoms with Crippen molar-refractivity contribution in [2.45, 2.75) is 25.8 Å². The maximum Gasteiger partial charge on any atom is 0.331 e. The van der Waals surface area contributed by atoms with Crippen molar-refractivity contribution in [2.75, 3.05) is 19.4 Å². The highest BCUT2D eigenvalue weighted by atomic mass is 31.2. The fraction of sp³-hybridized carbons (Fsp3) is 0.250. The standard InChI is InChI=1S/C28H31N4O4P/c1-3-35-37(34,36-4-2)21-20-26(31-33)27-29-22-32(30-27)28(23-14-8-5-9-15-23,24-16-10-6-11-17-24)25-18-12-7-13-19-25/h5-19,22,33H,3-4,20-21H2,1-2H3. The number of hydrogen-bond acceptors (Lipinski definition) is 7. The predicted octanol–water partition coefficient (Wildman–Crippen LogP) is 5.95. The summed E-state index contributed by atoms with van der Waals surface area (Å²) < 4.78 is 25.5. The average molecular weight is 519 g/mol. The van der Waals surface area contributed by atoms with Crippen LogP contribution in [0.25, 0.3) is 0 Å². The van der Waals surface area contributed by atoms with Crippen molar-refractivity contribution in [3.8, 4) is 0 Å². The van der Waals surface area contributed by atoms with E-state index in [1.807, 2.05) is 54.6 Å². The van der Waals surface area contributed by atoms with E-state index in [9.17, 15) is 9.77 Å². The Bertz CT molecular complexity index is 1240. The van der Waals surface area contributed by atoms with Crippen LogP contribution in [0.3, 0.4) is 0 Å². The molecule has 0 aliphatic rings. The van der Waals surface area contributed by atoms with Gasteiger partial charge < -0.3 is 14.3 Å². The van der Waals surface area contributed by atoms with Gasteiger partial charge in [0.05, 0.1) is 19.4 Å². The summed E-state index contributed by atoms with van der Waals surface area (Å²) >= 11 is 0. The zero-order valence-electron chi connectivity index (χ0n) is 21.0. The van der Waals surface area contributed by atoms with Crippen LogP contribution in [0, 0.1) is 0 Å². The number of aromatic nitrogens is 3. The smallest absolute Gasteiger partial charge is 0.331 e. The van der Waals surface area contributed by atoms with E-state index in [4.69, 9.17) is 14.1 Å². The van der Waals surface area contributed by atoms with Gasteiger partial charge in [-0.15, -0.1) is 5.10 Å². The fourth-order valence-corrected chi connectivity index (χ4v) is 6.11. The molecule has 4 aromatic rings. The van der Waals surface area contributed by atoms with Gasteiger partial charge in [0.15, 0.2) is 5.82 Å². The molecule has 0 atom stereocenters. The summed E-state index contributed by atoms with van der Waals surface area (Å²) in [6, 6.07) is 30.2. The second kappa shape index (κ2) is 12.1. The van der Waals surface area contributed by atoms with Crippen molar-refractivity contribution >= 4 is 13.3 Å². The molecule has 3 aromatic carbocycles. The number of rotatable bonds is 12. The van der Waals surface area contributed by atoms with E-state index in [2.05, 4.69) is 46.5 Å². The van der Waals surface area contributed by atoms with Gasteiger partial charge in [-0.1, -0.05) is 96.2 Å². The number of nitrogens with zero attached hydrogens (tertiary/aromatic N) is 4. The van der Waals surface area contributed by atoms with Gasteiger partial charge in [0.2, 0.25) is 0 Å². The maximum absolute atomic E-state index is 13.0. The summed E-state index contributed by atoms with van der Waals surface area (Å²) in [4.78, 5) is 4.51. The molecule has 0 aliphatic heterocycles. The maximum atomic E-state index is 13.0. The van der Waals surface area contributed by atoms with Crippen LogP contribution >= 0.6 is 7.60 Å². The van der Waals surface area contributed by atoms with Crippen LogP contribution in [0.1, 0.15) is 42.8 Å². The summed E-state index contributed by atoms with van der Waals surface area (Å²) in [6.07, 6.45) is 1.80. The summed E-state index contributed by atoms with van der Waals surface area (Å²) in [5.41, 5.74) is 2.32. The molecular weight excluding hydrogens is 487 g/mol. The quantitative estimate of drug-likeness (QED) is 0.0818. The van der Waals surface area contributed by atoms with Gasteiger partial charge in [-0.2, -0.15) is 0 Å². The minimum Gasteiger partial charge on any atom is -0.411 e. The molecule has 0 saturated carbocycles. The number of benzene rings is 3. The van der Waals surface area contributed by atoms with Crippen LogP contribution in [0.5, 0.6) is 0 Å². The molecule has 1 aromatic heterocycles. The van der Waals surface area contributed by atoms with Crippen LogP contribution in [-0.4, -0.2) is 45.1 Å². The summed E-state index contributed by atoms with van der Waals surface area (Å²) in [7, 11) is -3.33. The van der Waals surface area contributed by atoms with Gasteiger partial charge in [0.1, 0.15) is 17.6 Å². The summed E-state index contributed by atoms with van der Waals surface area (Å²) in [5, 5.41) is 18.1. The molecule has 1 heterocycles. The molecule has 8 nitrogen and oxygen atoms in total. The lowest BCUT2D eigenvalue weighted by atomic mass is 9.77. The van der Waals surface area contributed by atoms with Crippen LogP contribution in [0.15, 0.2) is 102 Å². The topological polar surface area (TPSA) is 98.8 Å². The van der Waals surface area contributed by atoms with E-state index < -0.39 is 13.1 Å². The molecule has 1 N–H and O–H groups in total. The molecule has 0 amide bonds. The van der Waals surface area contributed by atoms with Gasteiger partial charge in [-0.3, -0.25) is 4.57 Å². The van der Waals surface area contributed by atoms with Crippen molar-refractivity contribution < 1.29 is 18.8 Å². The van der Waals surface area contributed by atoms with E-state index in [0.29, 0.717) is 0 Å². The van der Waals surface area contributed by atoms with Crippen molar-refractivity contribution in [2.24, 2.45) is 5.16 Å². The Labute approximate surface area is 217 Å². The summed E-state index contributed by atoms with van der Waals surface area (Å²) in [6.45, 7) is 4.02. The van der Waals surface area contributed by atoms with Crippen LogP contribution in [-0.2, 0) is 19.2 Å². The fourth-order valence-electron chi connectivity index (χ4n) is 4.50. The minimum absolute atomic E-state index is 0.0454. The van der Waals surface area contributed by atoms with Gasteiger partial charge >= 0.3 is 7.60 Å². The molecule has 0 fully saturated rings. The zero-order valence-corrected chi connectivity index (χ0v) is 21.9. The third-order valence-corrected chi connectivity index (χ3v) is 8.14. The molecule has 192 valence electrons. The second-order valence-corrected chi connectivity index (χ2v) is 10.5. The normalized spacial score (nSPS) is 12.5.